The Morgan fingerprint density at radius 2 is 2.21 bits per heavy atom. The first-order valence-corrected chi connectivity index (χ1v) is 5.72. The summed E-state index contributed by atoms with van der Waals surface area (Å²) in [6.07, 6.45) is 1.66. The predicted molar refractivity (Wildman–Crippen MR) is 72.9 cm³/mol. The summed E-state index contributed by atoms with van der Waals surface area (Å²) in [7, 11) is 0. The number of nitriles is 1. The fourth-order valence-corrected chi connectivity index (χ4v) is 1.64. The minimum absolute atomic E-state index is 0.0998. The second kappa shape index (κ2) is 5.69. The third kappa shape index (κ3) is 2.90. The van der Waals surface area contributed by atoms with Gasteiger partial charge < -0.3 is 9.72 Å². The molecule has 94 valence electrons. The highest BCUT2D eigenvalue weighted by Crippen LogP contribution is 2.21. The zero-order valence-electron chi connectivity index (χ0n) is 10.2. The number of aromatic nitrogens is 1. The van der Waals surface area contributed by atoms with E-state index in [2.05, 4.69) is 11.6 Å². The molecule has 0 aliphatic heterocycles. The molecule has 2 aromatic rings. The van der Waals surface area contributed by atoms with Crippen LogP contribution in [0.3, 0.4) is 0 Å². The number of hydrogen-bond donors (Lipinski definition) is 1. The van der Waals surface area contributed by atoms with Crippen molar-refractivity contribution in [3.63, 3.8) is 0 Å². The summed E-state index contributed by atoms with van der Waals surface area (Å²) in [4.78, 5) is 14.3. The van der Waals surface area contributed by atoms with Crippen molar-refractivity contribution in [1.82, 2.24) is 4.98 Å². The molecule has 4 heteroatoms. The van der Waals surface area contributed by atoms with Gasteiger partial charge in [0, 0.05) is 11.3 Å². The van der Waals surface area contributed by atoms with E-state index in [1.54, 1.807) is 12.1 Å². The lowest BCUT2D eigenvalue weighted by Crippen LogP contribution is -2.10. The fourth-order valence-electron chi connectivity index (χ4n) is 1.64. The Kier molecular flexibility index (Phi) is 3.79. The highest BCUT2D eigenvalue weighted by atomic mass is 16.5. The van der Waals surface area contributed by atoms with E-state index < -0.39 is 5.56 Å². The third-order valence-corrected chi connectivity index (χ3v) is 2.54. The first-order chi connectivity index (χ1) is 9.24. The topological polar surface area (TPSA) is 65.9 Å². The molecule has 1 aromatic carbocycles. The Bertz CT molecular complexity index is 696. The highest BCUT2D eigenvalue weighted by molar-refractivity contribution is 5.61. The van der Waals surface area contributed by atoms with Crippen molar-refractivity contribution in [3.8, 4) is 23.1 Å². The van der Waals surface area contributed by atoms with Gasteiger partial charge in [-0.25, -0.2) is 0 Å². The van der Waals surface area contributed by atoms with Gasteiger partial charge in [-0.1, -0.05) is 24.8 Å². The van der Waals surface area contributed by atoms with Crippen LogP contribution in [0.2, 0.25) is 0 Å². The monoisotopic (exact) mass is 252 g/mol. The van der Waals surface area contributed by atoms with Gasteiger partial charge in [0.15, 0.2) is 0 Å². The Hall–Kier alpha value is -2.80. The lowest BCUT2D eigenvalue weighted by Gasteiger charge is -2.06. The van der Waals surface area contributed by atoms with Crippen molar-refractivity contribution in [1.29, 1.82) is 5.26 Å². The summed E-state index contributed by atoms with van der Waals surface area (Å²) >= 11 is 0. The number of aromatic amines is 1. The Morgan fingerprint density at radius 3 is 2.89 bits per heavy atom. The van der Waals surface area contributed by atoms with E-state index in [-0.39, 0.29) is 5.56 Å². The van der Waals surface area contributed by atoms with Crippen LogP contribution in [0.5, 0.6) is 5.75 Å². The molecule has 4 nitrogen and oxygen atoms in total. The lowest BCUT2D eigenvalue weighted by molar-refractivity contribution is 0.363. The van der Waals surface area contributed by atoms with E-state index in [4.69, 9.17) is 10.00 Å². The molecule has 0 amide bonds. The van der Waals surface area contributed by atoms with Crippen molar-refractivity contribution >= 4 is 0 Å². The van der Waals surface area contributed by atoms with Gasteiger partial charge in [0.25, 0.3) is 5.56 Å². The Balaban J connectivity index is 2.36. The van der Waals surface area contributed by atoms with Gasteiger partial charge in [-0.3, -0.25) is 4.79 Å². The van der Waals surface area contributed by atoms with Gasteiger partial charge >= 0.3 is 0 Å². The molecule has 2 rings (SSSR count). The number of rotatable bonds is 4. The maximum atomic E-state index is 11.6. The maximum Gasteiger partial charge on any atom is 0.266 e. The minimum atomic E-state index is -0.391. The molecule has 0 saturated carbocycles. The molecular weight excluding hydrogens is 240 g/mol. The Labute approximate surface area is 110 Å². The smallest absolute Gasteiger partial charge is 0.266 e. The zero-order chi connectivity index (χ0) is 13.7. The summed E-state index contributed by atoms with van der Waals surface area (Å²) in [5.74, 6) is 0.697. The number of ether oxygens (including phenoxy) is 1. The minimum Gasteiger partial charge on any atom is -0.490 e. The van der Waals surface area contributed by atoms with Crippen LogP contribution >= 0.6 is 0 Å². The summed E-state index contributed by atoms with van der Waals surface area (Å²) in [6.45, 7) is 4.01. The van der Waals surface area contributed by atoms with Crippen LogP contribution < -0.4 is 10.3 Å². The molecule has 0 aliphatic rings. The van der Waals surface area contributed by atoms with Crippen LogP contribution in [-0.2, 0) is 0 Å². The number of benzene rings is 1. The van der Waals surface area contributed by atoms with Crippen LogP contribution in [0.15, 0.2) is 53.8 Å². The van der Waals surface area contributed by atoms with E-state index in [9.17, 15) is 4.79 Å². The van der Waals surface area contributed by atoms with Crippen molar-refractivity contribution < 1.29 is 4.74 Å². The molecule has 0 aliphatic carbocycles. The number of H-pyrrole nitrogens is 1. The molecule has 0 spiro atoms. The number of hydrogen-bond acceptors (Lipinski definition) is 3. The molecule has 0 bridgehead atoms. The third-order valence-electron chi connectivity index (χ3n) is 2.54. The molecule has 1 N–H and O–H groups in total. The van der Waals surface area contributed by atoms with Gasteiger partial charge in [-0.05, 0) is 24.3 Å². The zero-order valence-corrected chi connectivity index (χ0v) is 10.2. The van der Waals surface area contributed by atoms with Gasteiger partial charge in [0.05, 0.1) is 0 Å². The van der Waals surface area contributed by atoms with Crippen molar-refractivity contribution in [2.75, 3.05) is 6.61 Å². The van der Waals surface area contributed by atoms with Gasteiger partial charge in [0.2, 0.25) is 0 Å². The van der Waals surface area contributed by atoms with E-state index in [1.807, 2.05) is 30.3 Å². The largest absolute Gasteiger partial charge is 0.490 e. The van der Waals surface area contributed by atoms with Gasteiger partial charge in [-0.15, -0.1) is 0 Å². The fraction of sp³-hybridized carbons (Fsp3) is 0.0667. The van der Waals surface area contributed by atoms with Crippen LogP contribution in [0.25, 0.3) is 11.3 Å². The molecule has 1 heterocycles. The summed E-state index contributed by atoms with van der Waals surface area (Å²) in [6, 6.07) is 12.4. The van der Waals surface area contributed by atoms with Crippen molar-refractivity contribution in [2.45, 2.75) is 0 Å². The molecule has 1 aromatic heterocycles. The van der Waals surface area contributed by atoms with Crippen molar-refractivity contribution in [2.24, 2.45) is 0 Å². The first kappa shape index (κ1) is 12.7. The molecule has 19 heavy (non-hydrogen) atoms. The van der Waals surface area contributed by atoms with Gasteiger partial charge in [0.1, 0.15) is 24.0 Å². The van der Waals surface area contributed by atoms with Crippen LogP contribution in [0.1, 0.15) is 5.56 Å². The quantitative estimate of drug-likeness (QED) is 0.850. The van der Waals surface area contributed by atoms with Crippen LogP contribution in [-0.4, -0.2) is 11.6 Å². The Morgan fingerprint density at radius 1 is 1.37 bits per heavy atom. The molecule has 0 unspecified atom stereocenters. The van der Waals surface area contributed by atoms with E-state index >= 15 is 0 Å². The van der Waals surface area contributed by atoms with E-state index in [0.29, 0.717) is 18.1 Å². The number of nitrogens with one attached hydrogen (secondary N) is 1. The molecule has 0 radical (unpaired) electrons. The molecule has 0 saturated heterocycles. The van der Waals surface area contributed by atoms with E-state index in [0.717, 1.165) is 5.56 Å². The predicted octanol–water partition coefficient (Wildman–Crippen LogP) is 2.48. The number of nitrogens with zero attached hydrogens (tertiary/aromatic N) is 1. The number of pyridine rings is 1. The first-order valence-electron chi connectivity index (χ1n) is 5.72. The summed E-state index contributed by atoms with van der Waals surface area (Å²) in [5.41, 5.74) is 1.18. The average Bonchev–Trinajstić information content (AvgIpc) is 2.45. The SMILES string of the molecule is C=CCOc1cccc(-c2ccc(C#N)c(=O)[nH]2)c1. The normalized spacial score (nSPS) is 9.63. The van der Waals surface area contributed by atoms with Crippen molar-refractivity contribution in [3.05, 3.63) is 65.0 Å². The average molecular weight is 252 g/mol. The molecule has 0 fully saturated rings. The molecular formula is C15H12N2O2. The summed E-state index contributed by atoms with van der Waals surface area (Å²) < 4.78 is 5.43. The summed E-state index contributed by atoms with van der Waals surface area (Å²) in [5, 5.41) is 8.72. The molecule has 0 atom stereocenters. The van der Waals surface area contributed by atoms with Gasteiger partial charge in [-0.2, -0.15) is 5.26 Å². The maximum absolute atomic E-state index is 11.6. The second-order valence-corrected chi connectivity index (χ2v) is 3.85. The second-order valence-electron chi connectivity index (χ2n) is 3.85. The van der Waals surface area contributed by atoms with E-state index in [1.165, 1.54) is 6.07 Å². The highest BCUT2D eigenvalue weighted by Gasteiger charge is 2.03. The standard InChI is InChI=1S/C15H12N2O2/c1-2-8-19-13-5-3-4-11(9-13)14-7-6-12(10-16)15(18)17-14/h2-7,9H,1,8H2,(H,17,18). The lowest BCUT2D eigenvalue weighted by atomic mass is 10.1. The van der Waals surface area contributed by atoms with Crippen LogP contribution in [0.4, 0.5) is 0 Å². The van der Waals surface area contributed by atoms with Crippen LogP contribution in [0, 0.1) is 11.3 Å².